The van der Waals surface area contributed by atoms with Crippen molar-refractivity contribution in [2.24, 2.45) is 5.73 Å². The zero-order valence-corrected chi connectivity index (χ0v) is 27.9. The fraction of sp³-hybridized carbons (Fsp3) is 0.371. The van der Waals surface area contributed by atoms with Crippen LogP contribution in [0.3, 0.4) is 0 Å². The molecule has 0 bridgehead atoms. The monoisotopic (exact) mass is 693 g/mol. The van der Waals surface area contributed by atoms with Gasteiger partial charge < -0.3 is 43.6 Å². The molecular formula is C35H39N3O12. The van der Waals surface area contributed by atoms with Crippen LogP contribution in [0, 0.1) is 5.41 Å². The quantitative estimate of drug-likeness (QED) is 0.0472. The van der Waals surface area contributed by atoms with Gasteiger partial charge in [0.2, 0.25) is 11.5 Å². The molecule has 2 aromatic heterocycles. The molecule has 0 radical (unpaired) electrons. The SMILES string of the molecule is CCOC(=O)c1cc(=O)c2c(OCC(COc3cccc4oc(C(=O)OCC)cc(=O)c34)OC(=O)[C@@H](N)CCCCNC(C)=N)cccc2o1. The third-order valence-corrected chi connectivity index (χ3v) is 7.15. The lowest BCUT2D eigenvalue weighted by Crippen LogP contribution is -2.39. The zero-order valence-electron chi connectivity index (χ0n) is 27.9. The Balaban J connectivity index is 1.56. The number of amidine groups is 1. The molecule has 0 aliphatic rings. The highest BCUT2D eigenvalue weighted by molar-refractivity contribution is 5.91. The predicted octanol–water partition coefficient (Wildman–Crippen LogP) is 3.71. The summed E-state index contributed by atoms with van der Waals surface area (Å²) in [6, 6.07) is 10.1. The zero-order chi connectivity index (χ0) is 36.2. The maximum absolute atomic E-state index is 13.1. The van der Waals surface area contributed by atoms with Crippen LogP contribution in [0.4, 0.5) is 0 Å². The van der Waals surface area contributed by atoms with Crippen LogP contribution in [0.15, 0.2) is 67.0 Å². The Morgan fingerprint density at radius 1 is 0.820 bits per heavy atom. The number of hydrogen-bond donors (Lipinski definition) is 3. The molecule has 15 heteroatoms. The topological polar surface area (TPSA) is 220 Å². The van der Waals surface area contributed by atoms with Gasteiger partial charge >= 0.3 is 17.9 Å². The van der Waals surface area contributed by atoms with Crippen molar-refractivity contribution in [2.45, 2.75) is 52.2 Å². The van der Waals surface area contributed by atoms with E-state index in [1.165, 1.54) is 24.3 Å². The second-order valence-corrected chi connectivity index (χ2v) is 11.0. The minimum absolute atomic E-state index is 0.0427. The summed E-state index contributed by atoms with van der Waals surface area (Å²) >= 11 is 0. The van der Waals surface area contributed by atoms with Crippen LogP contribution in [-0.2, 0) is 19.0 Å². The van der Waals surface area contributed by atoms with Gasteiger partial charge in [0.25, 0.3) is 0 Å². The Kier molecular flexibility index (Phi) is 13.1. The van der Waals surface area contributed by atoms with E-state index in [2.05, 4.69) is 5.32 Å². The highest BCUT2D eigenvalue weighted by Gasteiger charge is 2.24. The first kappa shape index (κ1) is 37.1. The van der Waals surface area contributed by atoms with Gasteiger partial charge in [-0.25, -0.2) is 9.59 Å². The molecule has 4 N–H and O–H groups in total. The smallest absolute Gasteiger partial charge is 0.374 e. The second-order valence-electron chi connectivity index (χ2n) is 11.0. The number of nitrogens with one attached hydrogen (secondary N) is 2. The fourth-order valence-electron chi connectivity index (χ4n) is 4.82. The Morgan fingerprint density at radius 3 is 1.78 bits per heavy atom. The summed E-state index contributed by atoms with van der Waals surface area (Å²) in [6.45, 7) is 4.99. The molecule has 0 amide bonds. The molecule has 0 aliphatic heterocycles. The molecule has 0 unspecified atom stereocenters. The van der Waals surface area contributed by atoms with Gasteiger partial charge in [-0.1, -0.05) is 12.1 Å². The number of esters is 3. The van der Waals surface area contributed by atoms with Gasteiger partial charge in [-0.05, 0) is 64.3 Å². The molecule has 0 aliphatic carbocycles. The van der Waals surface area contributed by atoms with Crippen molar-refractivity contribution in [1.82, 2.24) is 5.32 Å². The van der Waals surface area contributed by atoms with Crippen LogP contribution < -0.4 is 31.4 Å². The maximum Gasteiger partial charge on any atom is 0.374 e. The van der Waals surface area contributed by atoms with Crippen molar-refractivity contribution in [2.75, 3.05) is 33.0 Å². The molecule has 15 nitrogen and oxygen atoms in total. The van der Waals surface area contributed by atoms with E-state index in [-0.39, 0.29) is 71.4 Å². The Bertz CT molecular complexity index is 1850. The number of nitrogens with two attached hydrogens (primary N) is 1. The van der Waals surface area contributed by atoms with Crippen molar-refractivity contribution in [3.8, 4) is 11.5 Å². The summed E-state index contributed by atoms with van der Waals surface area (Å²) in [5.41, 5.74) is 5.15. The van der Waals surface area contributed by atoms with Gasteiger partial charge in [-0.3, -0.25) is 19.8 Å². The third-order valence-electron chi connectivity index (χ3n) is 7.15. The molecule has 0 fully saturated rings. The predicted molar refractivity (Wildman–Crippen MR) is 181 cm³/mol. The summed E-state index contributed by atoms with van der Waals surface area (Å²) in [5.74, 6) is -2.35. The first-order chi connectivity index (χ1) is 24.0. The van der Waals surface area contributed by atoms with Crippen LogP contribution in [0.5, 0.6) is 11.5 Å². The Labute approximate surface area is 286 Å². The fourth-order valence-corrected chi connectivity index (χ4v) is 4.82. The molecule has 0 saturated carbocycles. The first-order valence-corrected chi connectivity index (χ1v) is 16.0. The van der Waals surface area contributed by atoms with E-state index in [1.54, 1.807) is 32.9 Å². The number of rotatable bonds is 17. The lowest BCUT2D eigenvalue weighted by Gasteiger charge is -2.22. The van der Waals surface area contributed by atoms with Crippen LogP contribution in [0.2, 0.25) is 0 Å². The van der Waals surface area contributed by atoms with E-state index in [1.807, 2.05) is 0 Å². The number of unbranched alkanes of at least 4 members (excludes halogenated alkanes) is 1. The normalized spacial score (nSPS) is 11.6. The van der Waals surface area contributed by atoms with Gasteiger partial charge in [0.1, 0.15) is 52.7 Å². The van der Waals surface area contributed by atoms with Gasteiger partial charge in [0, 0.05) is 18.7 Å². The molecule has 2 aromatic carbocycles. The van der Waals surface area contributed by atoms with Gasteiger partial charge in [0.15, 0.2) is 17.0 Å². The number of carbonyl (C=O) groups is 3. The van der Waals surface area contributed by atoms with Crippen molar-refractivity contribution in [3.05, 3.63) is 80.5 Å². The average Bonchev–Trinajstić information content (AvgIpc) is 3.08. The summed E-state index contributed by atoms with van der Waals surface area (Å²) in [7, 11) is 0. The molecule has 4 rings (SSSR count). The lowest BCUT2D eigenvalue weighted by atomic mass is 10.1. The number of fused-ring (bicyclic) bond motifs is 2. The number of ether oxygens (including phenoxy) is 5. The standard InChI is InChI=1S/C35H39N3O12/c1-4-44-34(42)29-16-23(39)31-25(11-8-13-27(31)49-29)46-18-21(48-33(41)22(37)10-6-7-15-38-20(3)36)19-47-26-12-9-14-28-32(26)24(40)17-30(50-28)35(43)45-5-2/h8-9,11-14,16-17,21-22H,4-7,10,15,18-19,37H2,1-3H3,(H2,36,38)/t22-/m0/s1. The summed E-state index contributed by atoms with van der Waals surface area (Å²) in [5, 5.41) is 10.4. The minimum Gasteiger partial charge on any atom is -0.489 e. The second kappa shape index (κ2) is 17.6. The molecule has 1 atom stereocenters. The van der Waals surface area contributed by atoms with Crippen molar-refractivity contribution in [1.29, 1.82) is 5.41 Å². The van der Waals surface area contributed by atoms with Crippen molar-refractivity contribution in [3.63, 3.8) is 0 Å². The molecular weight excluding hydrogens is 654 g/mol. The Morgan fingerprint density at radius 2 is 1.32 bits per heavy atom. The number of carbonyl (C=O) groups excluding carboxylic acids is 3. The summed E-state index contributed by atoms with van der Waals surface area (Å²) < 4.78 is 38.7. The largest absolute Gasteiger partial charge is 0.489 e. The molecule has 50 heavy (non-hydrogen) atoms. The highest BCUT2D eigenvalue weighted by atomic mass is 16.6. The van der Waals surface area contributed by atoms with Crippen LogP contribution >= 0.6 is 0 Å². The number of hydrogen-bond acceptors (Lipinski definition) is 14. The third kappa shape index (κ3) is 9.69. The minimum atomic E-state index is -1.10. The highest BCUT2D eigenvalue weighted by Crippen LogP contribution is 2.26. The maximum atomic E-state index is 13.1. The van der Waals surface area contributed by atoms with Crippen LogP contribution in [0.25, 0.3) is 21.9 Å². The first-order valence-electron chi connectivity index (χ1n) is 16.0. The molecule has 0 spiro atoms. The van der Waals surface area contributed by atoms with E-state index in [0.717, 1.165) is 12.1 Å². The van der Waals surface area contributed by atoms with E-state index in [9.17, 15) is 24.0 Å². The van der Waals surface area contributed by atoms with E-state index < -0.39 is 40.9 Å². The summed E-state index contributed by atoms with van der Waals surface area (Å²) in [4.78, 5) is 63.5. The lowest BCUT2D eigenvalue weighted by molar-refractivity contribution is -0.154. The van der Waals surface area contributed by atoms with Crippen LogP contribution in [0.1, 0.15) is 61.1 Å². The van der Waals surface area contributed by atoms with Crippen LogP contribution in [-0.4, -0.2) is 68.9 Å². The number of benzene rings is 2. The van der Waals surface area contributed by atoms with Gasteiger partial charge in [0.05, 0.1) is 19.0 Å². The van der Waals surface area contributed by atoms with Crippen molar-refractivity contribution < 1.29 is 46.9 Å². The molecule has 266 valence electrons. The van der Waals surface area contributed by atoms with E-state index in [4.69, 9.17) is 43.7 Å². The average molecular weight is 694 g/mol. The summed E-state index contributed by atoms with van der Waals surface area (Å²) in [6.07, 6.45) is 0.480. The molecule has 4 aromatic rings. The molecule has 2 heterocycles. The Hall–Kier alpha value is -5.70. The van der Waals surface area contributed by atoms with E-state index in [0.29, 0.717) is 31.6 Å². The van der Waals surface area contributed by atoms with Gasteiger partial charge in [-0.15, -0.1) is 0 Å². The van der Waals surface area contributed by atoms with Gasteiger partial charge in [-0.2, -0.15) is 0 Å². The molecule has 0 saturated heterocycles. The van der Waals surface area contributed by atoms with Crippen molar-refractivity contribution >= 4 is 45.7 Å². The van der Waals surface area contributed by atoms with E-state index >= 15 is 0 Å².